The van der Waals surface area contributed by atoms with Crippen molar-refractivity contribution in [3.8, 4) is 0 Å². The fourth-order valence-corrected chi connectivity index (χ4v) is 3.52. The zero-order chi connectivity index (χ0) is 22.8. The van der Waals surface area contributed by atoms with Gasteiger partial charge in [0.05, 0.1) is 11.5 Å². The number of amides is 1. The summed E-state index contributed by atoms with van der Waals surface area (Å²) in [6, 6.07) is 20.5. The lowest BCUT2D eigenvalue weighted by Gasteiger charge is -2.22. The van der Waals surface area contributed by atoms with Crippen LogP contribution in [0, 0.1) is 10.1 Å². The molecule has 0 N–H and O–H groups in total. The number of hydrogen-bond donors (Lipinski definition) is 0. The molecule has 32 heavy (non-hydrogen) atoms. The quantitative estimate of drug-likeness (QED) is 0.170. The van der Waals surface area contributed by atoms with Gasteiger partial charge in [0.15, 0.2) is 0 Å². The molecule has 3 aromatic rings. The Labute approximate surface area is 188 Å². The summed E-state index contributed by atoms with van der Waals surface area (Å²) in [7, 11) is 0. The van der Waals surface area contributed by atoms with Crippen LogP contribution in [0.3, 0.4) is 0 Å². The van der Waals surface area contributed by atoms with Gasteiger partial charge < -0.3 is 9.47 Å². The maximum Gasteiger partial charge on any atom is 0.269 e. The highest BCUT2D eigenvalue weighted by Crippen LogP contribution is 2.15. The maximum absolute atomic E-state index is 13.0. The molecule has 0 unspecified atom stereocenters. The topological polar surface area (TPSA) is 68.4 Å². The first-order valence-corrected chi connectivity index (χ1v) is 11.0. The zero-order valence-corrected chi connectivity index (χ0v) is 18.4. The van der Waals surface area contributed by atoms with Crippen LogP contribution in [0.15, 0.2) is 79.0 Å². The highest BCUT2D eigenvalue weighted by molar-refractivity contribution is 5.91. The lowest BCUT2D eigenvalue weighted by Crippen LogP contribution is -2.31. The van der Waals surface area contributed by atoms with Gasteiger partial charge in [-0.25, -0.2) is 0 Å². The van der Waals surface area contributed by atoms with Crippen molar-refractivity contribution in [1.82, 2.24) is 9.47 Å². The van der Waals surface area contributed by atoms with Gasteiger partial charge in [-0.05, 0) is 47.9 Å². The fraction of sp³-hybridized carbons (Fsp3) is 0.269. The summed E-state index contributed by atoms with van der Waals surface area (Å²) < 4.78 is 2.18. The average Bonchev–Trinajstić information content (AvgIpc) is 3.24. The van der Waals surface area contributed by atoms with Gasteiger partial charge in [0.2, 0.25) is 5.91 Å². The molecule has 3 rings (SSSR count). The summed E-state index contributed by atoms with van der Waals surface area (Å²) in [5.74, 6) is -0.0630. The van der Waals surface area contributed by atoms with E-state index in [1.807, 2.05) is 35.4 Å². The number of unbranched alkanes of at least 4 members (excludes halogenated alkanes) is 2. The van der Waals surface area contributed by atoms with E-state index in [0.717, 1.165) is 37.1 Å². The Kier molecular flexibility index (Phi) is 8.37. The second-order valence-corrected chi connectivity index (χ2v) is 7.76. The third-order valence-corrected chi connectivity index (χ3v) is 5.34. The van der Waals surface area contributed by atoms with Crippen LogP contribution in [0.2, 0.25) is 0 Å². The molecule has 1 aromatic heterocycles. The van der Waals surface area contributed by atoms with Crippen molar-refractivity contribution in [1.29, 1.82) is 0 Å². The van der Waals surface area contributed by atoms with Crippen LogP contribution in [0.25, 0.3) is 6.08 Å². The zero-order valence-electron chi connectivity index (χ0n) is 18.4. The molecule has 1 heterocycles. The number of carbonyl (C=O) groups excluding carboxylic acids is 1. The smallest absolute Gasteiger partial charge is 0.269 e. The van der Waals surface area contributed by atoms with Crippen LogP contribution in [-0.2, 0) is 17.9 Å². The minimum atomic E-state index is -0.432. The van der Waals surface area contributed by atoms with Gasteiger partial charge in [0.25, 0.3) is 5.69 Å². The Morgan fingerprint density at radius 3 is 2.47 bits per heavy atom. The minimum Gasteiger partial charge on any atom is -0.345 e. The van der Waals surface area contributed by atoms with Gasteiger partial charge in [-0.1, -0.05) is 50.1 Å². The average molecular weight is 432 g/mol. The van der Waals surface area contributed by atoms with E-state index in [2.05, 4.69) is 29.7 Å². The van der Waals surface area contributed by atoms with E-state index >= 15 is 0 Å². The van der Waals surface area contributed by atoms with Gasteiger partial charge in [-0.3, -0.25) is 14.9 Å². The third kappa shape index (κ3) is 6.67. The van der Waals surface area contributed by atoms with E-state index in [1.54, 1.807) is 24.3 Å². The Morgan fingerprint density at radius 1 is 1.03 bits per heavy atom. The summed E-state index contributed by atoms with van der Waals surface area (Å²) in [4.78, 5) is 25.3. The molecule has 0 aliphatic carbocycles. The number of carbonyl (C=O) groups is 1. The Hall–Kier alpha value is -3.67. The lowest BCUT2D eigenvalue weighted by molar-refractivity contribution is -0.384. The Bertz CT molecular complexity index is 1040. The molecule has 0 spiro atoms. The molecule has 6 nitrogen and oxygen atoms in total. The van der Waals surface area contributed by atoms with Crippen LogP contribution in [0.4, 0.5) is 5.69 Å². The van der Waals surface area contributed by atoms with Gasteiger partial charge in [0.1, 0.15) is 0 Å². The van der Waals surface area contributed by atoms with Crippen LogP contribution in [-0.4, -0.2) is 26.8 Å². The SMILES string of the molecule is CCCCCN(Cc1cccn1Cc1ccccc1)C(=O)/C=C/c1ccc([N+](=O)[O-])cc1. The van der Waals surface area contributed by atoms with E-state index in [9.17, 15) is 14.9 Å². The predicted octanol–water partition coefficient (Wildman–Crippen LogP) is 5.68. The van der Waals surface area contributed by atoms with Crippen molar-refractivity contribution >= 4 is 17.7 Å². The normalized spacial score (nSPS) is 11.0. The molecule has 0 radical (unpaired) electrons. The number of hydrogen-bond acceptors (Lipinski definition) is 3. The molecule has 0 aliphatic heterocycles. The first kappa shape index (κ1) is 23.0. The standard InChI is InChI=1S/C26H29N3O3/c1-2-3-7-18-28(26(30)17-14-22-12-15-24(16-13-22)29(31)32)21-25-11-8-19-27(25)20-23-9-5-4-6-10-23/h4-6,8-17,19H,2-3,7,18,20-21H2,1H3/b17-14+. The maximum atomic E-state index is 13.0. The molecule has 0 saturated heterocycles. The molecule has 6 heteroatoms. The number of aromatic nitrogens is 1. The molecule has 0 aliphatic rings. The van der Waals surface area contributed by atoms with Crippen molar-refractivity contribution in [2.24, 2.45) is 0 Å². The number of rotatable bonds is 11. The molecular weight excluding hydrogens is 402 g/mol. The van der Waals surface area contributed by atoms with Crippen LogP contribution in [0.5, 0.6) is 0 Å². The molecule has 2 aromatic carbocycles. The number of non-ortho nitro benzene ring substituents is 1. The van der Waals surface area contributed by atoms with Crippen molar-refractivity contribution in [3.63, 3.8) is 0 Å². The highest BCUT2D eigenvalue weighted by Gasteiger charge is 2.14. The largest absolute Gasteiger partial charge is 0.345 e. The monoisotopic (exact) mass is 431 g/mol. The fourth-order valence-electron chi connectivity index (χ4n) is 3.52. The van der Waals surface area contributed by atoms with E-state index in [4.69, 9.17) is 0 Å². The van der Waals surface area contributed by atoms with Gasteiger partial charge >= 0.3 is 0 Å². The van der Waals surface area contributed by atoms with Crippen LogP contribution >= 0.6 is 0 Å². The summed E-state index contributed by atoms with van der Waals surface area (Å²) in [6.45, 7) is 4.13. The molecule has 0 atom stereocenters. The Morgan fingerprint density at radius 2 is 1.78 bits per heavy atom. The number of nitrogens with zero attached hydrogens (tertiary/aromatic N) is 3. The number of benzene rings is 2. The molecule has 166 valence electrons. The van der Waals surface area contributed by atoms with Crippen LogP contribution in [0.1, 0.15) is 43.0 Å². The predicted molar refractivity (Wildman–Crippen MR) is 127 cm³/mol. The molecule has 0 bridgehead atoms. The first-order chi connectivity index (χ1) is 15.6. The number of nitro benzene ring substituents is 1. The Balaban J connectivity index is 1.71. The van der Waals surface area contributed by atoms with Gasteiger partial charge in [0, 0.05) is 43.2 Å². The molecule has 0 fully saturated rings. The summed E-state index contributed by atoms with van der Waals surface area (Å²) in [5.41, 5.74) is 3.09. The van der Waals surface area contributed by atoms with E-state index < -0.39 is 4.92 Å². The van der Waals surface area contributed by atoms with Crippen molar-refractivity contribution in [2.75, 3.05) is 6.54 Å². The van der Waals surface area contributed by atoms with Gasteiger partial charge in [-0.2, -0.15) is 0 Å². The second-order valence-electron chi connectivity index (χ2n) is 7.76. The van der Waals surface area contributed by atoms with E-state index in [0.29, 0.717) is 13.1 Å². The molecule has 0 saturated carbocycles. The highest BCUT2D eigenvalue weighted by atomic mass is 16.6. The summed E-state index contributed by atoms with van der Waals surface area (Å²) in [6.07, 6.45) is 8.42. The van der Waals surface area contributed by atoms with Crippen LogP contribution < -0.4 is 0 Å². The number of nitro groups is 1. The molecular formula is C26H29N3O3. The lowest BCUT2D eigenvalue weighted by atomic mass is 10.2. The molecule has 1 amide bonds. The summed E-state index contributed by atoms with van der Waals surface area (Å²) >= 11 is 0. The van der Waals surface area contributed by atoms with E-state index in [1.165, 1.54) is 17.7 Å². The van der Waals surface area contributed by atoms with E-state index in [-0.39, 0.29) is 11.6 Å². The first-order valence-electron chi connectivity index (χ1n) is 11.0. The van der Waals surface area contributed by atoms with Gasteiger partial charge in [-0.15, -0.1) is 0 Å². The third-order valence-electron chi connectivity index (χ3n) is 5.34. The second kappa shape index (κ2) is 11.6. The van der Waals surface area contributed by atoms with Crippen molar-refractivity contribution in [2.45, 2.75) is 39.3 Å². The summed E-state index contributed by atoms with van der Waals surface area (Å²) in [5, 5.41) is 10.8. The minimum absolute atomic E-state index is 0.0360. The van der Waals surface area contributed by atoms with Crippen molar-refractivity contribution in [3.05, 3.63) is 106 Å². The van der Waals surface area contributed by atoms with Crippen molar-refractivity contribution < 1.29 is 9.72 Å².